The third-order valence-corrected chi connectivity index (χ3v) is 3.37. The molecule has 82 valence electrons. The molecule has 0 aliphatic heterocycles. The molecule has 0 saturated heterocycles. The highest BCUT2D eigenvalue weighted by Gasteiger charge is 2.35. The first-order valence-corrected chi connectivity index (χ1v) is 5.42. The van der Waals surface area contributed by atoms with Crippen LogP contribution in [0.5, 0.6) is 0 Å². The molecule has 1 aliphatic rings. The van der Waals surface area contributed by atoms with Gasteiger partial charge in [0.15, 0.2) is 5.78 Å². The van der Waals surface area contributed by atoms with Crippen LogP contribution in [0.25, 0.3) is 0 Å². The van der Waals surface area contributed by atoms with Gasteiger partial charge in [0.25, 0.3) is 0 Å². The Hall–Kier alpha value is -1.11. The summed E-state index contributed by atoms with van der Waals surface area (Å²) in [4.78, 5) is 11.0. The lowest BCUT2D eigenvalue weighted by atomic mass is 9.65. The van der Waals surface area contributed by atoms with Gasteiger partial charge in [-0.2, -0.15) is 0 Å². The zero-order chi connectivity index (χ0) is 11.6. The SMILES string of the molecule is C=C1C=CC(C)C(/C=C/C(C)=O)C1(C)C. The van der Waals surface area contributed by atoms with Crippen molar-refractivity contribution in [3.63, 3.8) is 0 Å². The van der Waals surface area contributed by atoms with E-state index < -0.39 is 0 Å². The van der Waals surface area contributed by atoms with Crippen molar-refractivity contribution in [3.05, 3.63) is 36.5 Å². The van der Waals surface area contributed by atoms with E-state index >= 15 is 0 Å². The average molecular weight is 204 g/mol. The molecule has 0 aromatic carbocycles. The second-order valence-corrected chi connectivity index (χ2v) is 4.96. The Labute approximate surface area is 92.6 Å². The molecule has 0 bridgehead atoms. The molecule has 0 aromatic heterocycles. The molecule has 1 nitrogen and oxygen atoms in total. The van der Waals surface area contributed by atoms with Gasteiger partial charge in [0.2, 0.25) is 0 Å². The summed E-state index contributed by atoms with van der Waals surface area (Å²) in [6, 6.07) is 0. The summed E-state index contributed by atoms with van der Waals surface area (Å²) in [7, 11) is 0. The Morgan fingerprint density at radius 3 is 2.67 bits per heavy atom. The smallest absolute Gasteiger partial charge is 0.152 e. The van der Waals surface area contributed by atoms with Gasteiger partial charge in [0, 0.05) is 0 Å². The maximum Gasteiger partial charge on any atom is 0.152 e. The van der Waals surface area contributed by atoms with Crippen molar-refractivity contribution in [1.29, 1.82) is 0 Å². The van der Waals surface area contributed by atoms with Crippen molar-refractivity contribution in [1.82, 2.24) is 0 Å². The van der Waals surface area contributed by atoms with Crippen LogP contribution in [0.2, 0.25) is 0 Å². The molecular weight excluding hydrogens is 184 g/mol. The Morgan fingerprint density at radius 1 is 1.53 bits per heavy atom. The molecule has 15 heavy (non-hydrogen) atoms. The molecule has 0 heterocycles. The highest BCUT2D eigenvalue weighted by atomic mass is 16.1. The first-order valence-electron chi connectivity index (χ1n) is 5.42. The molecular formula is C14H20O. The molecule has 0 N–H and O–H groups in total. The second-order valence-electron chi connectivity index (χ2n) is 4.96. The molecule has 1 rings (SSSR count). The van der Waals surface area contributed by atoms with E-state index in [1.807, 2.05) is 6.08 Å². The van der Waals surface area contributed by atoms with Gasteiger partial charge in [0.05, 0.1) is 0 Å². The van der Waals surface area contributed by atoms with E-state index in [1.165, 1.54) is 0 Å². The molecule has 0 radical (unpaired) electrons. The number of rotatable bonds is 2. The molecule has 2 unspecified atom stereocenters. The van der Waals surface area contributed by atoms with E-state index in [0.29, 0.717) is 11.8 Å². The number of hydrogen-bond donors (Lipinski definition) is 0. The zero-order valence-corrected chi connectivity index (χ0v) is 10.1. The van der Waals surface area contributed by atoms with Crippen LogP contribution in [0.3, 0.4) is 0 Å². The lowest BCUT2D eigenvalue weighted by Gasteiger charge is -2.39. The maximum absolute atomic E-state index is 11.0. The van der Waals surface area contributed by atoms with Crippen LogP contribution in [0, 0.1) is 17.3 Å². The van der Waals surface area contributed by atoms with Crippen LogP contribution in [-0.4, -0.2) is 5.78 Å². The summed E-state index contributed by atoms with van der Waals surface area (Å²) < 4.78 is 0. The van der Waals surface area contributed by atoms with Crippen molar-refractivity contribution in [2.24, 2.45) is 17.3 Å². The number of carbonyl (C=O) groups is 1. The number of ketones is 1. The van der Waals surface area contributed by atoms with E-state index in [-0.39, 0.29) is 11.2 Å². The highest BCUT2D eigenvalue weighted by molar-refractivity contribution is 5.87. The lowest BCUT2D eigenvalue weighted by molar-refractivity contribution is -0.112. The number of carbonyl (C=O) groups excluding carboxylic acids is 1. The van der Waals surface area contributed by atoms with E-state index in [2.05, 4.69) is 39.5 Å². The van der Waals surface area contributed by atoms with Crippen molar-refractivity contribution in [2.45, 2.75) is 27.7 Å². The Kier molecular flexibility index (Phi) is 3.33. The summed E-state index contributed by atoms with van der Waals surface area (Å²) in [5, 5.41) is 0. The zero-order valence-electron chi connectivity index (χ0n) is 10.1. The van der Waals surface area contributed by atoms with E-state index in [4.69, 9.17) is 0 Å². The topological polar surface area (TPSA) is 17.1 Å². The maximum atomic E-state index is 11.0. The Morgan fingerprint density at radius 2 is 2.13 bits per heavy atom. The van der Waals surface area contributed by atoms with Crippen molar-refractivity contribution in [2.75, 3.05) is 0 Å². The molecule has 0 fully saturated rings. The molecule has 0 spiro atoms. The lowest BCUT2D eigenvalue weighted by Crippen LogP contribution is -2.31. The van der Waals surface area contributed by atoms with Gasteiger partial charge in [-0.15, -0.1) is 0 Å². The minimum Gasteiger partial charge on any atom is -0.295 e. The Balaban J connectivity index is 2.99. The average Bonchev–Trinajstić information content (AvgIpc) is 2.11. The monoisotopic (exact) mass is 204 g/mol. The van der Waals surface area contributed by atoms with Crippen LogP contribution >= 0.6 is 0 Å². The second kappa shape index (κ2) is 4.18. The van der Waals surface area contributed by atoms with E-state index in [9.17, 15) is 4.79 Å². The minimum atomic E-state index is 0.0418. The van der Waals surface area contributed by atoms with E-state index in [1.54, 1.807) is 13.0 Å². The molecule has 0 amide bonds. The van der Waals surface area contributed by atoms with Gasteiger partial charge in [-0.05, 0) is 35.8 Å². The van der Waals surface area contributed by atoms with Crippen LogP contribution in [0.4, 0.5) is 0 Å². The molecule has 1 heteroatoms. The first kappa shape index (κ1) is 12.0. The summed E-state index contributed by atoms with van der Waals surface area (Å²) in [5.41, 5.74) is 1.18. The van der Waals surface area contributed by atoms with Crippen molar-refractivity contribution < 1.29 is 4.79 Å². The van der Waals surface area contributed by atoms with Crippen LogP contribution in [-0.2, 0) is 4.79 Å². The summed E-state index contributed by atoms with van der Waals surface area (Å²) >= 11 is 0. The van der Waals surface area contributed by atoms with Gasteiger partial charge in [-0.25, -0.2) is 0 Å². The highest BCUT2D eigenvalue weighted by Crippen LogP contribution is 2.43. The van der Waals surface area contributed by atoms with Crippen LogP contribution in [0.15, 0.2) is 36.5 Å². The summed E-state index contributed by atoms with van der Waals surface area (Å²) in [6.07, 6.45) is 7.97. The predicted molar refractivity (Wildman–Crippen MR) is 64.5 cm³/mol. The molecule has 0 aromatic rings. The van der Waals surface area contributed by atoms with Crippen LogP contribution < -0.4 is 0 Å². The van der Waals surface area contributed by atoms with Gasteiger partial charge in [-0.1, -0.05) is 45.6 Å². The van der Waals surface area contributed by atoms with Crippen molar-refractivity contribution >= 4 is 5.78 Å². The van der Waals surface area contributed by atoms with Crippen LogP contribution in [0.1, 0.15) is 27.7 Å². The van der Waals surface area contributed by atoms with Crippen molar-refractivity contribution in [3.8, 4) is 0 Å². The third-order valence-electron chi connectivity index (χ3n) is 3.37. The fourth-order valence-corrected chi connectivity index (χ4v) is 2.13. The van der Waals surface area contributed by atoms with Gasteiger partial charge >= 0.3 is 0 Å². The Bertz CT molecular complexity index is 331. The normalized spacial score (nSPS) is 29.7. The largest absolute Gasteiger partial charge is 0.295 e. The first-order chi connectivity index (χ1) is 6.85. The summed E-state index contributed by atoms with van der Waals surface area (Å²) in [6.45, 7) is 12.2. The minimum absolute atomic E-state index is 0.0418. The van der Waals surface area contributed by atoms with Gasteiger partial charge in [-0.3, -0.25) is 4.79 Å². The fourth-order valence-electron chi connectivity index (χ4n) is 2.13. The fraction of sp³-hybridized carbons (Fsp3) is 0.500. The summed E-state index contributed by atoms with van der Waals surface area (Å²) in [5.74, 6) is 0.929. The standard InChI is InChI=1S/C14H20O/c1-10-6-7-11(2)14(4,5)13(10)9-8-12(3)15/h6-10,13H,2H2,1,3-5H3/b9-8+. The predicted octanol–water partition coefficient (Wildman–Crippen LogP) is 3.54. The van der Waals surface area contributed by atoms with E-state index in [0.717, 1.165) is 5.57 Å². The molecule has 2 atom stereocenters. The molecule has 0 saturated carbocycles. The van der Waals surface area contributed by atoms with Gasteiger partial charge in [0.1, 0.15) is 0 Å². The quantitative estimate of drug-likeness (QED) is 0.629. The number of hydrogen-bond acceptors (Lipinski definition) is 1. The molecule has 1 aliphatic carbocycles. The number of allylic oxidation sites excluding steroid dienone is 5. The third kappa shape index (κ3) is 2.47. The van der Waals surface area contributed by atoms with Gasteiger partial charge < -0.3 is 0 Å².